The molecule has 2 aromatic rings. The summed E-state index contributed by atoms with van der Waals surface area (Å²) in [5, 5.41) is 20.3. The Morgan fingerprint density at radius 2 is 1.93 bits per heavy atom. The minimum Gasteiger partial charge on any atom is -0.346 e. The molecule has 0 aliphatic carbocycles. The number of rotatable bonds is 6. The Kier molecular flexibility index (Phi) is 7.14. The molecule has 1 aromatic heterocycles. The van der Waals surface area contributed by atoms with Crippen LogP contribution < -0.4 is 10.6 Å². The van der Waals surface area contributed by atoms with Gasteiger partial charge in [-0.05, 0) is 48.0 Å². The molecule has 0 spiro atoms. The van der Waals surface area contributed by atoms with Crippen molar-refractivity contribution in [1.29, 1.82) is 0 Å². The number of carbonyl (C=O) groups excluding carboxylic acids is 2. The van der Waals surface area contributed by atoms with Crippen LogP contribution in [0.25, 0.3) is 0 Å². The number of likely N-dealkylation sites (N-methyl/N-ethyl adjacent to an activating group) is 1. The standard InChI is InChI=1S/C20H25N5O4S/c1-14-3-4-16(17(11-14)25(28)29)22-20(27)19(26)21-12-18(15-5-10-30-13-15)24-8-6-23(2)7-9-24/h3-5,10-11,13,18H,6-9,12H2,1-2H3,(H,21,26)(H,22,27). The maximum atomic E-state index is 12.4. The van der Waals surface area contributed by atoms with Crippen molar-refractivity contribution < 1.29 is 14.5 Å². The van der Waals surface area contributed by atoms with Crippen LogP contribution in [0.2, 0.25) is 0 Å². The van der Waals surface area contributed by atoms with Crippen molar-refractivity contribution >= 4 is 34.5 Å². The molecular formula is C20H25N5O4S. The summed E-state index contributed by atoms with van der Waals surface area (Å²) in [6.07, 6.45) is 0. The summed E-state index contributed by atoms with van der Waals surface area (Å²) in [7, 11) is 2.08. The number of anilines is 1. The summed E-state index contributed by atoms with van der Waals surface area (Å²) >= 11 is 1.59. The molecule has 1 fully saturated rings. The van der Waals surface area contributed by atoms with Crippen LogP contribution in [-0.4, -0.2) is 66.3 Å². The Bertz CT molecular complexity index is 910. The number of amides is 2. The van der Waals surface area contributed by atoms with E-state index in [0.717, 1.165) is 31.7 Å². The van der Waals surface area contributed by atoms with E-state index in [2.05, 4.69) is 27.5 Å². The predicted octanol–water partition coefficient (Wildman–Crippen LogP) is 2.01. The number of hydrogen-bond acceptors (Lipinski definition) is 7. The van der Waals surface area contributed by atoms with Crippen LogP contribution in [0.3, 0.4) is 0 Å². The first kappa shape index (κ1) is 21.9. The maximum absolute atomic E-state index is 12.4. The van der Waals surface area contributed by atoms with Crippen molar-refractivity contribution in [2.24, 2.45) is 0 Å². The minimum absolute atomic E-state index is 0.000739. The molecule has 1 aliphatic rings. The predicted molar refractivity (Wildman–Crippen MR) is 116 cm³/mol. The molecule has 3 rings (SSSR count). The van der Waals surface area contributed by atoms with Gasteiger partial charge in [0.05, 0.1) is 11.0 Å². The van der Waals surface area contributed by atoms with E-state index in [1.807, 2.05) is 16.8 Å². The molecule has 160 valence electrons. The highest BCUT2D eigenvalue weighted by molar-refractivity contribution is 7.08. The quantitative estimate of drug-likeness (QED) is 0.412. The normalized spacial score (nSPS) is 16.1. The molecule has 1 aromatic carbocycles. The van der Waals surface area contributed by atoms with Gasteiger partial charge in [0, 0.05) is 38.8 Å². The molecule has 30 heavy (non-hydrogen) atoms. The highest BCUT2D eigenvalue weighted by Crippen LogP contribution is 2.26. The van der Waals surface area contributed by atoms with Crippen LogP contribution in [0.5, 0.6) is 0 Å². The third-order valence-corrected chi connectivity index (χ3v) is 5.87. The minimum atomic E-state index is -0.926. The van der Waals surface area contributed by atoms with Crippen LogP contribution in [-0.2, 0) is 9.59 Å². The lowest BCUT2D eigenvalue weighted by molar-refractivity contribution is -0.384. The van der Waals surface area contributed by atoms with E-state index < -0.39 is 16.7 Å². The first-order chi connectivity index (χ1) is 14.3. The molecule has 10 heteroatoms. The molecule has 1 unspecified atom stereocenters. The fraction of sp³-hybridized carbons (Fsp3) is 0.400. The summed E-state index contributed by atoms with van der Waals surface area (Å²) in [5.74, 6) is -1.75. The molecule has 0 bridgehead atoms. The van der Waals surface area contributed by atoms with E-state index in [9.17, 15) is 19.7 Å². The Morgan fingerprint density at radius 3 is 2.57 bits per heavy atom. The van der Waals surface area contributed by atoms with E-state index in [4.69, 9.17) is 0 Å². The Labute approximate surface area is 178 Å². The van der Waals surface area contributed by atoms with Gasteiger partial charge in [-0.1, -0.05) is 6.07 Å². The molecule has 0 saturated carbocycles. The zero-order valence-electron chi connectivity index (χ0n) is 17.0. The van der Waals surface area contributed by atoms with Gasteiger partial charge in [0.1, 0.15) is 5.69 Å². The van der Waals surface area contributed by atoms with Gasteiger partial charge < -0.3 is 15.5 Å². The second kappa shape index (κ2) is 9.79. The van der Waals surface area contributed by atoms with Gasteiger partial charge >= 0.3 is 11.8 Å². The lowest BCUT2D eigenvalue weighted by Gasteiger charge is -2.37. The number of nitro groups is 1. The lowest BCUT2D eigenvalue weighted by Crippen LogP contribution is -2.49. The number of thiophene rings is 1. The first-order valence-corrected chi connectivity index (χ1v) is 10.6. The first-order valence-electron chi connectivity index (χ1n) is 9.64. The van der Waals surface area contributed by atoms with E-state index >= 15 is 0 Å². The Balaban J connectivity index is 1.64. The number of benzene rings is 1. The molecule has 9 nitrogen and oxygen atoms in total. The smallest absolute Gasteiger partial charge is 0.313 e. The summed E-state index contributed by atoms with van der Waals surface area (Å²) in [4.78, 5) is 39.9. The van der Waals surface area contributed by atoms with Gasteiger partial charge in [0.2, 0.25) is 0 Å². The average molecular weight is 432 g/mol. The van der Waals surface area contributed by atoms with Crippen molar-refractivity contribution in [3.8, 4) is 0 Å². The molecule has 2 heterocycles. The van der Waals surface area contributed by atoms with Crippen LogP contribution in [0.4, 0.5) is 11.4 Å². The topological polar surface area (TPSA) is 108 Å². The second-order valence-corrected chi connectivity index (χ2v) is 8.13. The second-order valence-electron chi connectivity index (χ2n) is 7.35. The van der Waals surface area contributed by atoms with Crippen LogP contribution >= 0.6 is 11.3 Å². The van der Waals surface area contributed by atoms with Crippen molar-refractivity contribution in [3.63, 3.8) is 0 Å². The van der Waals surface area contributed by atoms with E-state index in [1.54, 1.807) is 24.3 Å². The van der Waals surface area contributed by atoms with Gasteiger partial charge in [-0.3, -0.25) is 24.6 Å². The third-order valence-electron chi connectivity index (χ3n) is 5.17. The molecule has 1 atom stereocenters. The van der Waals surface area contributed by atoms with Gasteiger partial charge in [0.15, 0.2) is 0 Å². The number of carbonyl (C=O) groups is 2. The lowest BCUT2D eigenvalue weighted by atomic mass is 10.1. The van der Waals surface area contributed by atoms with Crippen molar-refractivity contribution in [2.45, 2.75) is 13.0 Å². The fourth-order valence-corrected chi connectivity index (χ4v) is 4.11. The van der Waals surface area contributed by atoms with Gasteiger partial charge in [-0.25, -0.2) is 0 Å². The molecule has 1 aliphatic heterocycles. The van der Waals surface area contributed by atoms with Crippen LogP contribution in [0.1, 0.15) is 17.2 Å². The Hall–Kier alpha value is -2.82. The monoisotopic (exact) mass is 431 g/mol. The number of piperazine rings is 1. The summed E-state index contributed by atoms with van der Waals surface area (Å²) in [5.41, 5.74) is 1.54. The van der Waals surface area contributed by atoms with E-state index in [-0.39, 0.29) is 24.0 Å². The molecule has 0 radical (unpaired) electrons. The number of nitro benzene ring substituents is 1. The van der Waals surface area contributed by atoms with Crippen molar-refractivity contribution in [3.05, 3.63) is 56.3 Å². The van der Waals surface area contributed by atoms with Gasteiger partial charge in [-0.15, -0.1) is 0 Å². The Morgan fingerprint density at radius 1 is 1.20 bits per heavy atom. The third kappa shape index (κ3) is 5.41. The van der Waals surface area contributed by atoms with Gasteiger partial charge in [0.25, 0.3) is 5.69 Å². The number of aryl methyl sites for hydroxylation is 1. The molecule has 1 saturated heterocycles. The number of nitrogens with zero attached hydrogens (tertiary/aromatic N) is 3. The zero-order chi connectivity index (χ0) is 21.7. The SMILES string of the molecule is Cc1ccc(NC(=O)C(=O)NCC(c2ccsc2)N2CCN(C)CC2)c([N+](=O)[O-])c1. The average Bonchev–Trinajstić information content (AvgIpc) is 3.25. The molecule has 2 amide bonds. The fourth-order valence-electron chi connectivity index (χ4n) is 3.40. The number of hydrogen-bond donors (Lipinski definition) is 2. The summed E-state index contributed by atoms with van der Waals surface area (Å²) in [6, 6.07) is 6.41. The number of nitrogens with one attached hydrogen (secondary N) is 2. The van der Waals surface area contributed by atoms with Crippen LogP contribution in [0, 0.1) is 17.0 Å². The highest BCUT2D eigenvalue weighted by Gasteiger charge is 2.26. The van der Waals surface area contributed by atoms with E-state index in [0.29, 0.717) is 5.56 Å². The zero-order valence-corrected chi connectivity index (χ0v) is 17.8. The van der Waals surface area contributed by atoms with Crippen molar-refractivity contribution in [1.82, 2.24) is 15.1 Å². The summed E-state index contributed by atoms with van der Waals surface area (Å²) in [6.45, 7) is 5.61. The molecule has 2 N–H and O–H groups in total. The van der Waals surface area contributed by atoms with Crippen LogP contribution in [0.15, 0.2) is 35.0 Å². The maximum Gasteiger partial charge on any atom is 0.313 e. The largest absolute Gasteiger partial charge is 0.346 e. The highest BCUT2D eigenvalue weighted by atomic mass is 32.1. The van der Waals surface area contributed by atoms with Gasteiger partial charge in [-0.2, -0.15) is 11.3 Å². The summed E-state index contributed by atoms with van der Waals surface area (Å²) < 4.78 is 0. The molecular weight excluding hydrogens is 406 g/mol. The van der Waals surface area contributed by atoms with E-state index in [1.165, 1.54) is 12.1 Å². The van der Waals surface area contributed by atoms with Crippen molar-refractivity contribution in [2.75, 3.05) is 45.1 Å².